The summed E-state index contributed by atoms with van der Waals surface area (Å²) in [5, 5.41) is 2.09. The molecular weight excluding hydrogens is 360 g/mol. The van der Waals surface area contributed by atoms with Crippen LogP contribution < -0.4 is 4.74 Å². The fraction of sp³-hybridized carbons (Fsp3) is 0.429. The predicted octanol–water partition coefficient (Wildman–Crippen LogP) is 3.01. The SMILES string of the molecule is COc1ccc2c(c1)CN(C(=O)CCC(=O)N1CCc3sccc3C1)CC2. The number of nitrogens with zero attached hydrogens (tertiary/aromatic N) is 2. The van der Waals surface area contributed by atoms with Gasteiger partial charge in [-0.2, -0.15) is 0 Å². The highest BCUT2D eigenvalue weighted by atomic mass is 32.1. The Hall–Kier alpha value is -2.34. The molecule has 0 unspecified atom stereocenters. The van der Waals surface area contributed by atoms with E-state index in [2.05, 4.69) is 17.5 Å². The molecule has 0 spiro atoms. The van der Waals surface area contributed by atoms with E-state index in [4.69, 9.17) is 4.74 Å². The van der Waals surface area contributed by atoms with Crippen LogP contribution in [0.3, 0.4) is 0 Å². The van der Waals surface area contributed by atoms with Crippen molar-refractivity contribution in [3.63, 3.8) is 0 Å². The zero-order valence-corrected chi connectivity index (χ0v) is 16.4. The van der Waals surface area contributed by atoms with Crippen molar-refractivity contribution in [2.24, 2.45) is 0 Å². The van der Waals surface area contributed by atoms with E-state index in [1.165, 1.54) is 16.0 Å². The number of benzene rings is 1. The topological polar surface area (TPSA) is 49.9 Å². The molecule has 0 radical (unpaired) electrons. The van der Waals surface area contributed by atoms with Gasteiger partial charge >= 0.3 is 0 Å². The molecule has 4 rings (SSSR count). The third kappa shape index (κ3) is 3.86. The Morgan fingerprint density at radius 3 is 2.41 bits per heavy atom. The van der Waals surface area contributed by atoms with Gasteiger partial charge in [0.2, 0.25) is 11.8 Å². The predicted molar refractivity (Wildman–Crippen MR) is 105 cm³/mol. The van der Waals surface area contributed by atoms with Gasteiger partial charge in [0, 0.05) is 43.9 Å². The molecule has 0 aliphatic carbocycles. The first kappa shape index (κ1) is 18.0. The minimum atomic E-state index is 0.0602. The minimum absolute atomic E-state index is 0.0602. The fourth-order valence-electron chi connectivity index (χ4n) is 3.86. The molecule has 1 aromatic heterocycles. The summed E-state index contributed by atoms with van der Waals surface area (Å²) in [5.74, 6) is 0.959. The Morgan fingerprint density at radius 2 is 1.67 bits per heavy atom. The van der Waals surface area contributed by atoms with Crippen molar-refractivity contribution in [2.75, 3.05) is 20.2 Å². The second-order valence-electron chi connectivity index (χ2n) is 7.13. The lowest BCUT2D eigenvalue weighted by atomic mass is 9.99. The van der Waals surface area contributed by atoms with Gasteiger partial charge in [0.1, 0.15) is 5.75 Å². The second-order valence-corrected chi connectivity index (χ2v) is 8.13. The largest absolute Gasteiger partial charge is 0.497 e. The first-order chi connectivity index (χ1) is 13.1. The summed E-state index contributed by atoms with van der Waals surface area (Å²) in [6.07, 6.45) is 2.36. The van der Waals surface area contributed by atoms with Crippen molar-refractivity contribution < 1.29 is 14.3 Å². The van der Waals surface area contributed by atoms with E-state index in [-0.39, 0.29) is 18.2 Å². The smallest absolute Gasteiger partial charge is 0.223 e. The Balaban J connectivity index is 1.31. The van der Waals surface area contributed by atoms with Crippen molar-refractivity contribution in [3.05, 3.63) is 51.2 Å². The molecule has 2 amide bonds. The molecule has 0 fully saturated rings. The van der Waals surface area contributed by atoms with Crippen LogP contribution in [-0.2, 0) is 35.5 Å². The standard InChI is InChI=1S/C21H24N2O3S/c1-26-18-3-2-15-6-9-22(14-17(15)12-18)20(24)4-5-21(25)23-10-7-19-16(13-23)8-11-27-19/h2-3,8,11-12H,4-7,9-10,13-14H2,1H3. The number of fused-ring (bicyclic) bond motifs is 2. The van der Waals surface area contributed by atoms with Crippen LogP contribution in [0.25, 0.3) is 0 Å². The van der Waals surface area contributed by atoms with Crippen LogP contribution >= 0.6 is 11.3 Å². The zero-order chi connectivity index (χ0) is 18.8. The van der Waals surface area contributed by atoms with E-state index in [1.54, 1.807) is 18.4 Å². The molecule has 27 heavy (non-hydrogen) atoms. The molecule has 0 N–H and O–H groups in total. The highest BCUT2D eigenvalue weighted by Gasteiger charge is 2.24. The molecule has 3 heterocycles. The quantitative estimate of drug-likeness (QED) is 0.814. The zero-order valence-electron chi connectivity index (χ0n) is 15.6. The van der Waals surface area contributed by atoms with Crippen molar-refractivity contribution in [1.82, 2.24) is 9.80 Å². The molecule has 1 aromatic carbocycles. The van der Waals surface area contributed by atoms with Gasteiger partial charge in [0.15, 0.2) is 0 Å². The molecule has 142 valence electrons. The Labute approximate surface area is 163 Å². The van der Waals surface area contributed by atoms with Gasteiger partial charge in [0.05, 0.1) is 7.11 Å². The second kappa shape index (κ2) is 7.72. The van der Waals surface area contributed by atoms with Gasteiger partial charge < -0.3 is 14.5 Å². The first-order valence-corrected chi connectivity index (χ1v) is 10.3. The van der Waals surface area contributed by atoms with Crippen molar-refractivity contribution in [1.29, 1.82) is 0 Å². The molecule has 0 saturated heterocycles. The number of hydrogen-bond donors (Lipinski definition) is 0. The summed E-state index contributed by atoms with van der Waals surface area (Å²) in [7, 11) is 1.65. The number of ether oxygens (including phenoxy) is 1. The lowest BCUT2D eigenvalue weighted by Gasteiger charge is -2.30. The van der Waals surface area contributed by atoms with E-state index in [1.807, 2.05) is 21.9 Å². The van der Waals surface area contributed by atoms with Crippen LogP contribution in [0.4, 0.5) is 0 Å². The maximum absolute atomic E-state index is 12.6. The Morgan fingerprint density at radius 1 is 0.963 bits per heavy atom. The van der Waals surface area contributed by atoms with Crippen LogP contribution in [0, 0.1) is 0 Å². The number of thiophene rings is 1. The van der Waals surface area contributed by atoms with E-state index in [9.17, 15) is 9.59 Å². The Bertz CT molecular complexity index is 861. The molecule has 5 nitrogen and oxygen atoms in total. The van der Waals surface area contributed by atoms with E-state index in [0.717, 1.165) is 30.7 Å². The number of carbonyl (C=O) groups excluding carboxylic acids is 2. The lowest BCUT2D eigenvalue weighted by molar-refractivity contribution is -0.138. The highest BCUT2D eigenvalue weighted by Crippen LogP contribution is 2.26. The monoisotopic (exact) mass is 384 g/mol. The van der Waals surface area contributed by atoms with Crippen LogP contribution in [0.15, 0.2) is 29.6 Å². The third-order valence-corrected chi connectivity index (χ3v) is 6.51. The molecule has 2 aliphatic heterocycles. The van der Waals surface area contributed by atoms with Gasteiger partial charge in [-0.25, -0.2) is 0 Å². The molecule has 6 heteroatoms. The molecule has 0 atom stereocenters. The molecule has 2 aliphatic rings. The summed E-state index contributed by atoms with van der Waals surface area (Å²) < 4.78 is 5.29. The summed E-state index contributed by atoms with van der Waals surface area (Å²) in [6.45, 7) is 2.76. The number of hydrogen-bond acceptors (Lipinski definition) is 4. The molecule has 2 aromatic rings. The van der Waals surface area contributed by atoms with E-state index in [0.29, 0.717) is 26.1 Å². The van der Waals surface area contributed by atoms with Gasteiger partial charge in [-0.05, 0) is 53.1 Å². The highest BCUT2D eigenvalue weighted by molar-refractivity contribution is 7.10. The molecule has 0 bridgehead atoms. The van der Waals surface area contributed by atoms with Crippen molar-refractivity contribution in [2.45, 2.75) is 38.8 Å². The normalized spacial score (nSPS) is 15.9. The van der Waals surface area contributed by atoms with E-state index < -0.39 is 0 Å². The Kier molecular flexibility index (Phi) is 5.16. The maximum atomic E-state index is 12.6. The molecule has 0 saturated carbocycles. The summed E-state index contributed by atoms with van der Waals surface area (Å²) in [4.78, 5) is 30.3. The van der Waals surface area contributed by atoms with Crippen LogP contribution in [0.5, 0.6) is 5.75 Å². The molecular formula is C21H24N2O3S. The third-order valence-electron chi connectivity index (χ3n) is 5.49. The van der Waals surface area contributed by atoms with Gasteiger partial charge in [0.25, 0.3) is 0 Å². The summed E-state index contributed by atoms with van der Waals surface area (Å²) in [5.41, 5.74) is 3.67. The lowest BCUT2D eigenvalue weighted by Crippen LogP contribution is -2.38. The number of amides is 2. The minimum Gasteiger partial charge on any atom is -0.497 e. The maximum Gasteiger partial charge on any atom is 0.223 e. The van der Waals surface area contributed by atoms with Crippen molar-refractivity contribution >= 4 is 23.2 Å². The average Bonchev–Trinajstić information content (AvgIpc) is 3.18. The first-order valence-electron chi connectivity index (χ1n) is 9.40. The number of methoxy groups -OCH3 is 1. The van der Waals surface area contributed by atoms with E-state index >= 15 is 0 Å². The van der Waals surface area contributed by atoms with Gasteiger partial charge in [-0.3, -0.25) is 9.59 Å². The summed E-state index contributed by atoms with van der Waals surface area (Å²) in [6, 6.07) is 8.15. The van der Waals surface area contributed by atoms with Crippen LogP contribution in [0.2, 0.25) is 0 Å². The number of carbonyl (C=O) groups is 2. The van der Waals surface area contributed by atoms with Crippen LogP contribution in [0.1, 0.15) is 34.4 Å². The van der Waals surface area contributed by atoms with Crippen LogP contribution in [-0.4, -0.2) is 41.8 Å². The van der Waals surface area contributed by atoms with Crippen molar-refractivity contribution in [3.8, 4) is 5.75 Å². The van der Waals surface area contributed by atoms with Gasteiger partial charge in [-0.1, -0.05) is 6.07 Å². The number of rotatable bonds is 4. The van der Waals surface area contributed by atoms with Gasteiger partial charge in [-0.15, -0.1) is 11.3 Å². The fourth-order valence-corrected chi connectivity index (χ4v) is 4.75. The average molecular weight is 385 g/mol. The summed E-state index contributed by atoms with van der Waals surface area (Å²) >= 11 is 1.77.